The van der Waals surface area contributed by atoms with Crippen LogP contribution in [-0.2, 0) is 10.3 Å². The van der Waals surface area contributed by atoms with Gasteiger partial charge >= 0.3 is 0 Å². The van der Waals surface area contributed by atoms with Gasteiger partial charge < -0.3 is 20.5 Å². The number of unbranched alkanes of at least 4 members (excludes halogenated alkanes) is 1. The summed E-state index contributed by atoms with van der Waals surface area (Å²) in [6.45, 7) is 3.45. The van der Waals surface area contributed by atoms with Crippen LogP contribution in [0.2, 0.25) is 0 Å². The predicted molar refractivity (Wildman–Crippen MR) is 143 cm³/mol. The van der Waals surface area contributed by atoms with E-state index in [1.54, 1.807) is 7.11 Å². The number of ether oxygens (including phenoxy) is 1. The minimum atomic E-state index is -1.16. The van der Waals surface area contributed by atoms with Gasteiger partial charge in [-0.3, -0.25) is 4.79 Å². The minimum absolute atomic E-state index is 0.0746. The molecular weight excluding hydrogens is 436 g/mol. The molecular formula is C30H44N2O3. The van der Waals surface area contributed by atoms with Crippen LogP contribution in [0.15, 0.2) is 48.5 Å². The summed E-state index contributed by atoms with van der Waals surface area (Å²) in [6, 6.07) is 15.6. The van der Waals surface area contributed by atoms with Gasteiger partial charge in [0.2, 0.25) is 0 Å². The first-order valence-electron chi connectivity index (χ1n) is 13.3. The number of hydrogen-bond acceptors (Lipinski definition) is 4. The third-order valence-corrected chi connectivity index (χ3v) is 7.46. The predicted octanol–water partition coefficient (Wildman–Crippen LogP) is 5.34. The van der Waals surface area contributed by atoms with Crippen molar-refractivity contribution in [2.45, 2.75) is 76.4 Å². The Labute approximate surface area is 211 Å². The Morgan fingerprint density at radius 2 is 1.89 bits per heavy atom. The van der Waals surface area contributed by atoms with Gasteiger partial charge in [0.15, 0.2) is 0 Å². The highest BCUT2D eigenvalue weighted by atomic mass is 16.5. The average Bonchev–Trinajstić information content (AvgIpc) is 2.87. The molecule has 1 saturated carbocycles. The Bertz CT molecular complexity index is 925. The molecule has 0 spiro atoms. The molecule has 1 amide bonds. The molecule has 5 heteroatoms. The van der Waals surface area contributed by atoms with Crippen molar-refractivity contribution in [2.75, 3.05) is 27.3 Å². The fourth-order valence-corrected chi connectivity index (χ4v) is 5.55. The van der Waals surface area contributed by atoms with Gasteiger partial charge in [0.05, 0.1) is 0 Å². The van der Waals surface area contributed by atoms with E-state index in [2.05, 4.69) is 10.6 Å². The van der Waals surface area contributed by atoms with Gasteiger partial charge in [-0.25, -0.2) is 0 Å². The van der Waals surface area contributed by atoms with Crippen LogP contribution in [0.25, 0.3) is 0 Å². The molecule has 2 aromatic rings. The maximum atomic E-state index is 13.3. The zero-order chi connectivity index (χ0) is 25.1. The molecule has 2 atom stereocenters. The van der Waals surface area contributed by atoms with E-state index >= 15 is 0 Å². The molecule has 1 aliphatic rings. The highest BCUT2D eigenvalue weighted by molar-refractivity contribution is 5.94. The number of aryl methyl sites for hydroxylation is 1. The first kappa shape index (κ1) is 27.4. The number of aliphatic hydroxyl groups is 1. The Balaban J connectivity index is 1.81. The number of carbonyl (C=O) groups excluding carboxylic acids is 1. The molecule has 1 fully saturated rings. The normalized spacial score (nSPS) is 17.0. The molecule has 0 saturated heterocycles. The maximum absolute atomic E-state index is 13.3. The molecule has 0 heterocycles. The van der Waals surface area contributed by atoms with Crippen molar-refractivity contribution in [3.05, 3.63) is 70.8 Å². The first-order valence-corrected chi connectivity index (χ1v) is 13.3. The maximum Gasteiger partial charge on any atom is 0.251 e. The molecule has 3 rings (SSSR count). The van der Waals surface area contributed by atoms with Gasteiger partial charge in [0.25, 0.3) is 5.91 Å². The highest BCUT2D eigenvalue weighted by Crippen LogP contribution is 2.37. The molecule has 2 aromatic carbocycles. The Kier molecular flexibility index (Phi) is 10.8. The molecule has 192 valence electrons. The second-order valence-electron chi connectivity index (χ2n) is 10.2. The van der Waals surface area contributed by atoms with Gasteiger partial charge in [-0.05, 0) is 74.4 Å². The van der Waals surface area contributed by atoms with Crippen LogP contribution >= 0.6 is 0 Å². The number of rotatable bonds is 13. The summed E-state index contributed by atoms with van der Waals surface area (Å²) in [4.78, 5) is 13.3. The number of carbonyl (C=O) groups is 1. The van der Waals surface area contributed by atoms with E-state index in [1.807, 2.05) is 62.5 Å². The SMILES string of the molecule is CNC[C@H](CC1CCCCC1)NC(=O)c1cccc(C(O)(CCCCOC)c2ccccc2C)c1. The average molecular weight is 481 g/mol. The summed E-state index contributed by atoms with van der Waals surface area (Å²) in [5.74, 6) is 0.612. The summed E-state index contributed by atoms with van der Waals surface area (Å²) in [5, 5.41) is 18.6. The van der Waals surface area contributed by atoms with Crippen molar-refractivity contribution in [1.82, 2.24) is 10.6 Å². The first-order chi connectivity index (χ1) is 17.0. The molecule has 1 unspecified atom stereocenters. The summed E-state index contributed by atoms with van der Waals surface area (Å²) < 4.78 is 5.21. The van der Waals surface area contributed by atoms with Crippen molar-refractivity contribution >= 4 is 5.91 Å². The molecule has 0 bridgehead atoms. The van der Waals surface area contributed by atoms with E-state index in [4.69, 9.17) is 4.74 Å². The lowest BCUT2D eigenvalue weighted by Crippen LogP contribution is -2.42. The van der Waals surface area contributed by atoms with Crippen molar-refractivity contribution in [3.63, 3.8) is 0 Å². The molecule has 3 N–H and O–H groups in total. The fourth-order valence-electron chi connectivity index (χ4n) is 5.55. The van der Waals surface area contributed by atoms with Crippen molar-refractivity contribution in [2.24, 2.45) is 5.92 Å². The van der Waals surface area contributed by atoms with Crippen LogP contribution in [0, 0.1) is 12.8 Å². The summed E-state index contributed by atoms with van der Waals surface area (Å²) >= 11 is 0. The van der Waals surface area contributed by atoms with Crippen LogP contribution in [0.3, 0.4) is 0 Å². The Morgan fingerprint density at radius 1 is 1.11 bits per heavy atom. The number of nitrogens with one attached hydrogen (secondary N) is 2. The molecule has 0 radical (unpaired) electrons. The third kappa shape index (κ3) is 7.63. The van der Waals surface area contributed by atoms with E-state index in [-0.39, 0.29) is 11.9 Å². The quantitative estimate of drug-likeness (QED) is 0.339. The third-order valence-electron chi connectivity index (χ3n) is 7.46. The number of benzene rings is 2. The van der Waals surface area contributed by atoms with E-state index in [0.29, 0.717) is 24.5 Å². The van der Waals surface area contributed by atoms with Crippen LogP contribution in [0.1, 0.15) is 84.8 Å². The standard InChI is InChI=1S/C30H44N2O3/c1-23-12-7-8-17-28(23)30(34,18-9-10-19-35-3)26-16-11-15-25(21-26)29(33)32-27(22-31-2)20-24-13-5-4-6-14-24/h7-8,11-12,15-17,21,24,27,31,34H,4-6,9-10,13-14,18-20,22H2,1-3H3,(H,32,33)/t27-,30?/m0/s1. The zero-order valence-electron chi connectivity index (χ0n) is 21.8. The van der Waals surface area contributed by atoms with Gasteiger partial charge in [-0.2, -0.15) is 0 Å². The Morgan fingerprint density at radius 3 is 2.60 bits per heavy atom. The highest BCUT2D eigenvalue weighted by Gasteiger charge is 2.33. The summed E-state index contributed by atoms with van der Waals surface area (Å²) in [7, 11) is 3.64. The molecule has 5 nitrogen and oxygen atoms in total. The van der Waals surface area contributed by atoms with E-state index < -0.39 is 5.60 Å². The van der Waals surface area contributed by atoms with Gasteiger partial charge in [-0.15, -0.1) is 0 Å². The van der Waals surface area contributed by atoms with Crippen LogP contribution in [0.5, 0.6) is 0 Å². The topological polar surface area (TPSA) is 70.6 Å². The number of likely N-dealkylation sites (N-methyl/N-ethyl adjacent to an activating group) is 1. The second kappa shape index (κ2) is 13.8. The number of amides is 1. The summed E-state index contributed by atoms with van der Waals surface area (Å²) in [6.07, 6.45) is 9.73. The monoisotopic (exact) mass is 480 g/mol. The fraction of sp³-hybridized carbons (Fsp3) is 0.567. The molecule has 1 aliphatic carbocycles. The van der Waals surface area contributed by atoms with E-state index in [0.717, 1.165) is 42.5 Å². The summed E-state index contributed by atoms with van der Waals surface area (Å²) in [5.41, 5.74) is 2.12. The van der Waals surface area contributed by atoms with Gasteiger partial charge in [0, 0.05) is 31.9 Å². The second-order valence-corrected chi connectivity index (χ2v) is 10.2. The lowest BCUT2D eigenvalue weighted by molar-refractivity contribution is 0.0644. The number of hydrogen-bond donors (Lipinski definition) is 3. The molecule has 35 heavy (non-hydrogen) atoms. The smallest absolute Gasteiger partial charge is 0.251 e. The largest absolute Gasteiger partial charge is 0.385 e. The van der Waals surface area contributed by atoms with Gasteiger partial charge in [-0.1, -0.05) is 68.5 Å². The van der Waals surface area contributed by atoms with E-state index in [9.17, 15) is 9.90 Å². The van der Waals surface area contributed by atoms with Crippen molar-refractivity contribution < 1.29 is 14.6 Å². The molecule has 0 aliphatic heterocycles. The van der Waals surface area contributed by atoms with Crippen LogP contribution in [0.4, 0.5) is 0 Å². The van der Waals surface area contributed by atoms with Crippen molar-refractivity contribution in [3.8, 4) is 0 Å². The lowest BCUT2D eigenvalue weighted by atomic mass is 9.79. The van der Waals surface area contributed by atoms with Crippen LogP contribution in [-0.4, -0.2) is 44.4 Å². The Hall–Kier alpha value is -2.21. The minimum Gasteiger partial charge on any atom is -0.385 e. The van der Waals surface area contributed by atoms with E-state index in [1.165, 1.54) is 32.1 Å². The van der Waals surface area contributed by atoms with Crippen LogP contribution < -0.4 is 10.6 Å². The number of methoxy groups -OCH3 is 1. The molecule has 0 aromatic heterocycles. The zero-order valence-corrected chi connectivity index (χ0v) is 21.8. The van der Waals surface area contributed by atoms with Gasteiger partial charge in [0.1, 0.15) is 5.60 Å². The lowest BCUT2D eigenvalue weighted by Gasteiger charge is -2.31. The van der Waals surface area contributed by atoms with Crippen molar-refractivity contribution in [1.29, 1.82) is 0 Å².